The summed E-state index contributed by atoms with van der Waals surface area (Å²) in [6.45, 7) is 1.16. The third kappa shape index (κ3) is 2.26. The molecule has 0 radical (unpaired) electrons. The van der Waals surface area contributed by atoms with Crippen molar-refractivity contribution < 1.29 is 15.0 Å². The molecule has 17 heavy (non-hydrogen) atoms. The van der Waals surface area contributed by atoms with Gasteiger partial charge in [0.05, 0.1) is 22.3 Å². The predicted octanol–water partition coefficient (Wildman–Crippen LogP) is 2.00. The minimum Gasteiger partial charge on any atom is -0.478 e. The van der Waals surface area contributed by atoms with Gasteiger partial charge in [0.1, 0.15) is 0 Å². The van der Waals surface area contributed by atoms with Gasteiger partial charge in [-0.1, -0.05) is 23.2 Å². The summed E-state index contributed by atoms with van der Waals surface area (Å²) >= 11 is 12.0. The van der Waals surface area contributed by atoms with Crippen LogP contribution in [-0.4, -0.2) is 34.4 Å². The second-order valence-corrected chi connectivity index (χ2v) is 4.72. The summed E-state index contributed by atoms with van der Waals surface area (Å²) in [4.78, 5) is 12.9. The summed E-state index contributed by atoms with van der Waals surface area (Å²) in [5.74, 6) is -1.12. The highest BCUT2D eigenvalue weighted by Gasteiger charge is 2.24. The van der Waals surface area contributed by atoms with E-state index in [2.05, 4.69) is 0 Å². The molecule has 0 saturated heterocycles. The van der Waals surface area contributed by atoms with E-state index in [4.69, 9.17) is 33.4 Å². The lowest BCUT2D eigenvalue weighted by Gasteiger charge is -2.28. The highest BCUT2D eigenvalue weighted by atomic mass is 35.5. The molecular weight excluding hydrogens is 265 g/mol. The molecule has 1 aliphatic heterocycles. The molecule has 0 saturated carbocycles. The van der Waals surface area contributed by atoms with E-state index in [1.54, 1.807) is 6.07 Å². The molecule has 1 heterocycles. The number of carbonyl (C=O) groups is 1. The number of carboxylic acid groups (broad SMARTS) is 1. The van der Waals surface area contributed by atoms with E-state index < -0.39 is 5.97 Å². The van der Waals surface area contributed by atoms with E-state index in [0.717, 1.165) is 11.1 Å². The number of rotatable bonds is 2. The number of halogens is 2. The Labute approximate surface area is 108 Å². The fraction of sp³-hybridized carbons (Fsp3) is 0.364. The van der Waals surface area contributed by atoms with E-state index in [1.807, 2.05) is 4.90 Å². The molecule has 1 aromatic carbocycles. The van der Waals surface area contributed by atoms with Crippen LogP contribution in [0.15, 0.2) is 6.07 Å². The lowest BCUT2D eigenvalue weighted by molar-refractivity contribution is 0.0696. The highest BCUT2D eigenvalue weighted by Crippen LogP contribution is 2.34. The van der Waals surface area contributed by atoms with Crippen LogP contribution in [0.25, 0.3) is 0 Å². The SMILES string of the molecule is O=C(O)c1c(Cl)cc2c(c1Cl)CCN(CO)C2. The summed E-state index contributed by atoms with van der Waals surface area (Å²) in [5, 5.41) is 18.5. The summed E-state index contributed by atoms with van der Waals surface area (Å²) in [6.07, 6.45) is 0.617. The molecule has 0 aromatic heterocycles. The van der Waals surface area contributed by atoms with Gasteiger partial charge in [0.2, 0.25) is 0 Å². The summed E-state index contributed by atoms with van der Waals surface area (Å²) in [7, 11) is 0. The van der Waals surface area contributed by atoms with Crippen LogP contribution in [0.5, 0.6) is 0 Å². The molecule has 6 heteroatoms. The van der Waals surface area contributed by atoms with Gasteiger partial charge in [0, 0.05) is 13.1 Å². The van der Waals surface area contributed by atoms with Crippen molar-refractivity contribution in [1.29, 1.82) is 0 Å². The third-order valence-electron chi connectivity index (χ3n) is 2.90. The Kier molecular flexibility index (Phi) is 3.58. The van der Waals surface area contributed by atoms with E-state index in [9.17, 15) is 4.79 Å². The maximum atomic E-state index is 11.0. The predicted molar refractivity (Wildman–Crippen MR) is 64.6 cm³/mol. The minimum atomic E-state index is -1.12. The number of aliphatic hydroxyl groups is 1. The van der Waals surface area contributed by atoms with Crippen molar-refractivity contribution in [3.63, 3.8) is 0 Å². The first-order valence-corrected chi connectivity index (χ1v) is 5.86. The summed E-state index contributed by atoms with van der Waals surface area (Å²) < 4.78 is 0. The lowest BCUT2D eigenvalue weighted by atomic mass is 9.97. The van der Waals surface area contributed by atoms with Crippen LogP contribution in [0.1, 0.15) is 21.5 Å². The molecule has 0 aliphatic carbocycles. The van der Waals surface area contributed by atoms with Gasteiger partial charge in [0.25, 0.3) is 0 Å². The zero-order chi connectivity index (χ0) is 12.6. The number of aliphatic hydroxyl groups excluding tert-OH is 1. The van der Waals surface area contributed by atoms with Crippen molar-refractivity contribution in [2.75, 3.05) is 13.3 Å². The van der Waals surface area contributed by atoms with Gasteiger partial charge in [-0.3, -0.25) is 4.90 Å². The molecule has 0 atom stereocenters. The van der Waals surface area contributed by atoms with Gasteiger partial charge in [-0.2, -0.15) is 0 Å². The molecular formula is C11H11Cl2NO3. The van der Waals surface area contributed by atoms with E-state index in [-0.39, 0.29) is 22.3 Å². The van der Waals surface area contributed by atoms with Gasteiger partial charge in [-0.15, -0.1) is 0 Å². The second-order valence-electron chi connectivity index (χ2n) is 3.93. The monoisotopic (exact) mass is 275 g/mol. The molecule has 0 unspecified atom stereocenters. The maximum Gasteiger partial charge on any atom is 0.338 e. The van der Waals surface area contributed by atoms with Crippen LogP contribution >= 0.6 is 23.2 Å². The fourth-order valence-corrected chi connectivity index (χ4v) is 2.78. The van der Waals surface area contributed by atoms with E-state index in [0.29, 0.717) is 19.5 Å². The van der Waals surface area contributed by atoms with Crippen molar-refractivity contribution in [2.24, 2.45) is 0 Å². The van der Waals surface area contributed by atoms with Gasteiger partial charge in [0.15, 0.2) is 0 Å². The molecule has 1 aliphatic rings. The van der Waals surface area contributed by atoms with Crippen molar-refractivity contribution >= 4 is 29.2 Å². The molecule has 2 N–H and O–H groups in total. The van der Waals surface area contributed by atoms with Crippen molar-refractivity contribution in [3.8, 4) is 0 Å². The number of carboxylic acids is 1. The first-order chi connectivity index (χ1) is 8.04. The number of benzene rings is 1. The van der Waals surface area contributed by atoms with Crippen LogP contribution in [0.2, 0.25) is 10.0 Å². The van der Waals surface area contributed by atoms with E-state index in [1.165, 1.54) is 0 Å². The molecule has 4 nitrogen and oxygen atoms in total. The average Bonchev–Trinajstić information content (AvgIpc) is 2.27. The summed E-state index contributed by atoms with van der Waals surface area (Å²) in [5.41, 5.74) is 1.66. The topological polar surface area (TPSA) is 60.8 Å². The minimum absolute atomic E-state index is 0.0324. The third-order valence-corrected chi connectivity index (χ3v) is 3.61. The zero-order valence-electron chi connectivity index (χ0n) is 8.91. The Hall–Kier alpha value is -0.810. The number of hydrogen-bond donors (Lipinski definition) is 2. The molecule has 1 aromatic rings. The van der Waals surface area contributed by atoms with E-state index >= 15 is 0 Å². The standard InChI is InChI=1S/C11H11Cl2NO3/c12-8-3-6-4-14(5-15)2-1-7(6)10(13)9(8)11(16)17/h3,15H,1-2,4-5H2,(H,16,17). The normalized spacial score (nSPS) is 15.7. The summed E-state index contributed by atoms with van der Waals surface area (Å²) in [6, 6.07) is 1.62. The van der Waals surface area contributed by atoms with Crippen molar-refractivity contribution in [3.05, 3.63) is 32.8 Å². The van der Waals surface area contributed by atoms with Crippen molar-refractivity contribution in [2.45, 2.75) is 13.0 Å². The van der Waals surface area contributed by atoms with Crippen molar-refractivity contribution in [1.82, 2.24) is 4.90 Å². The Morgan fingerprint density at radius 2 is 2.18 bits per heavy atom. The first-order valence-electron chi connectivity index (χ1n) is 5.11. The smallest absolute Gasteiger partial charge is 0.338 e. The molecule has 92 valence electrons. The second kappa shape index (κ2) is 4.82. The number of fused-ring (bicyclic) bond motifs is 1. The van der Waals surface area contributed by atoms with Crippen LogP contribution in [-0.2, 0) is 13.0 Å². The molecule has 0 spiro atoms. The fourth-order valence-electron chi connectivity index (χ4n) is 2.03. The van der Waals surface area contributed by atoms with Crippen LogP contribution in [0.3, 0.4) is 0 Å². The average molecular weight is 276 g/mol. The van der Waals surface area contributed by atoms with Gasteiger partial charge in [-0.05, 0) is 23.6 Å². The van der Waals surface area contributed by atoms with Gasteiger partial charge < -0.3 is 10.2 Å². The zero-order valence-corrected chi connectivity index (χ0v) is 10.4. The van der Waals surface area contributed by atoms with Crippen LogP contribution in [0, 0.1) is 0 Å². The Balaban J connectivity index is 2.51. The number of hydrogen-bond acceptors (Lipinski definition) is 3. The largest absolute Gasteiger partial charge is 0.478 e. The quantitative estimate of drug-likeness (QED) is 0.867. The maximum absolute atomic E-state index is 11.0. The van der Waals surface area contributed by atoms with Gasteiger partial charge in [-0.25, -0.2) is 4.79 Å². The Morgan fingerprint density at radius 1 is 1.47 bits per heavy atom. The molecule has 0 fully saturated rings. The highest BCUT2D eigenvalue weighted by molar-refractivity contribution is 6.39. The first kappa shape index (κ1) is 12.6. The van der Waals surface area contributed by atoms with Crippen LogP contribution < -0.4 is 0 Å². The number of aromatic carboxylic acids is 1. The van der Waals surface area contributed by atoms with Crippen LogP contribution in [0.4, 0.5) is 0 Å². The molecule has 0 amide bonds. The Bertz CT molecular complexity index is 476. The number of nitrogens with zero attached hydrogens (tertiary/aromatic N) is 1. The molecule has 2 rings (SSSR count). The lowest BCUT2D eigenvalue weighted by Crippen LogP contribution is -2.31. The van der Waals surface area contributed by atoms with Gasteiger partial charge >= 0.3 is 5.97 Å². The Morgan fingerprint density at radius 3 is 2.76 bits per heavy atom. The molecule has 0 bridgehead atoms.